The molecule has 0 spiro atoms. The maximum absolute atomic E-state index is 13.2. The third kappa shape index (κ3) is 4.01. The number of hydrogen-bond donors (Lipinski definition) is 0. The number of rotatable bonds is 6. The van der Waals surface area contributed by atoms with Crippen LogP contribution in [0.4, 0.5) is 0 Å². The number of benzene rings is 2. The topological polar surface area (TPSA) is 72.9 Å². The summed E-state index contributed by atoms with van der Waals surface area (Å²) in [5, 5.41) is 11.2. The van der Waals surface area contributed by atoms with Crippen LogP contribution in [0.25, 0.3) is 16.9 Å². The number of hydrogen-bond acceptors (Lipinski definition) is 5. The smallest absolute Gasteiger partial charge is 0.245 e. The molecule has 1 unspecified atom stereocenters. The second-order valence-electron chi connectivity index (χ2n) is 8.52. The predicted molar refractivity (Wildman–Crippen MR) is 130 cm³/mol. The molecule has 7 heteroatoms. The first-order valence-corrected chi connectivity index (χ1v) is 11.3. The summed E-state index contributed by atoms with van der Waals surface area (Å²) in [7, 11) is 1.64. The fourth-order valence-electron chi connectivity index (χ4n) is 4.13. The zero-order valence-corrected chi connectivity index (χ0v) is 19.4. The number of aromatic nitrogens is 2. The monoisotopic (exact) mass is 454 g/mol. The quantitative estimate of drug-likeness (QED) is 0.387. The minimum absolute atomic E-state index is 0.0419. The average Bonchev–Trinajstić information content (AvgIpc) is 3.63. The van der Waals surface area contributed by atoms with E-state index in [4.69, 9.17) is 19.4 Å². The van der Waals surface area contributed by atoms with Gasteiger partial charge in [0.2, 0.25) is 5.91 Å². The van der Waals surface area contributed by atoms with Crippen LogP contribution >= 0.6 is 0 Å². The summed E-state index contributed by atoms with van der Waals surface area (Å²) < 4.78 is 12.8. The second kappa shape index (κ2) is 9.02. The van der Waals surface area contributed by atoms with Gasteiger partial charge < -0.3 is 9.15 Å². The molecule has 3 heterocycles. The highest BCUT2D eigenvalue weighted by atomic mass is 16.5. The summed E-state index contributed by atoms with van der Waals surface area (Å²) in [6.07, 6.45) is 4.16. The highest BCUT2D eigenvalue weighted by Gasteiger charge is 2.37. The van der Waals surface area contributed by atoms with Crippen LogP contribution in [0.15, 0.2) is 88.7 Å². The minimum Gasteiger partial charge on any atom is -0.497 e. The molecule has 5 rings (SSSR count). The Morgan fingerprint density at radius 3 is 2.47 bits per heavy atom. The van der Waals surface area contributed by atoms with Crippen molar-refractivity contribution in [2.75, 3.05) is 7.11 Å². The van der Waals surface area contributed by atoms with E-state index < -0.39 is 0 Å². The van der Waals surface area contributed by atoms with Crippen LogP contribution in [0.2, 0.25) is 0 Å². The first-order chi connectivity index (χ1) is 16.5. The molecular weight excluding hydrogens is 428 g/mol. The lowest BCUT2D eigenvalue weighted by molar-refractivity contribution is -0.136. The Hall–Kier alpha value is -4.13. The van der Waals surface area contributed by atoms with E-state index in [1.807, 2.05) is 91.5 Å². The molecule has 7 nitrogen and oxygen atoms in total. The van der Waals surface area contributed by atoms with Gasteiger partial charge in [-0.3, -0.25) is 4.79 Å². The molecule has 0 aliphatic carbocycles. The average molecular weight is 455 g/mol. The standard InChI is InChI=1S/C27H26N4O3/c1-18(2)27(32)31-24(16-23(28-31)25-10-7-15-34-25)22-17-30(20-8-5-4-6-9-20)29-26(22)19-11-13-21(33-3)14-12-19/h4-15,17-18,24H,16H2,1-3H3. The van der Waals surface area contributed by atoms with Crippen molar-refractivity contribution >= 4 is 11.6 Å². The molecule has 2 aromatic heterocycles. The number of hydrazone groups is 1. The number of ether oxygens (including phenoxy) is 1. The number of methoxy groups -OCH3 is 1. The van der Waals surface area contributed by atoms with Crippen LogP contribution < -0.4 is 4.74 Å². The molecule has 4 aromatic rings. The number of carbonyl (C=O) groups is 1. The predicted octanol–water partition coefficient (Wildman–Crippen LogP) is 5.47. The Labute approximate surface area is 198 Å². The van der Waals surface area contributed by atoms with Gasteiger partial charge in [-0.25, -0.2) is 9.69 Å². The number of carbonyl (C=O) groups excluding carboxylic acids is 1. The Kier molecular flexibility index (Phi) is 5.76. The SMILES string of the molecule is COc1ccc(-c2nn(-c3ccccc3)cc2C2CC(c3ccco3)=NN2C(=O)C(C)C)cc1. The lowest BCUT2D eigenvalue weighted by atomic mass is 9.97. The molecule has 2 aromatic carbocycles. The van der Waals surface area contributed by atoms with Crippen molar-refractivity contribution in [1.82, 2.24) is 14.8 Å². The molecule has 1 aliphatic heterocycles. The molecular formula is C27H26N4O3. The van der Waals surface area contributed by atoms with E-state index >= 15 is 0 Å². The summed E-state index contributed by atoms with van der Waals surface area (Å²) in [5.41, 5.74) is 4.35. The number of para-hydroxylation sites is 1. The molecule has 0 N–H and O–H groups in total. The molecule has 0 saturated heterocycles. The van der Waals surface area contributed by atoms with Crippen LogP contribution in [-0.4, -0.2) is 33.5 Å². The van der Waals surface area contributed by atoms with Gasteiger partial charge in [0.15, 0.2) is 0 Å². The molecule has 34 heavy (non-hydrogen) atoms. The first kappa shape index (κ1) is 21.7. The van der Waals surface area contributed by atoms with E-state index in [-0.39, 0.29) is 17.9 Å². The lowest BCUT2D eigenvalue weighted by Crippen LogP contribution is -2.30. The molecule has 1 aliphatic rings. The van der Waals surface area contributed by atoms with Crippen molar-refractivity contribution in [3.63, 3.8) is 0 Å². The fraction of sp³-hybridized carbons (Fsp3) is 0.222. The Bertz CT molecular complexity index is 1310. The fourth-order valence-corrected chi connectivity index (χ4v) is 4.13. The van der Waals surface area contributed by atoms with E-state index in [9.17, 15) is 4.79 Å². The molecule has 0 saturated carbocycles. The molecule has 1 amide bonds. The molecule has 172 valence electrons. The van der Waals surface area contributed by atoms with Gasteiger partial charge in [0.25, 0.3) is 0 Å². The summed E-state index contributed by atoms with van der Waals surface area (Å²) in [5.74, 6) is 1.20. The summed E-state index contributed by atoms with van der Waals surface area (Å²) in [6.45, 7) is 3.77. The summed E-state index contributed by atoms with van der Waals surface area (Å²) in [4.78, 5) is 13.2. The van der Waals surface area contributed by atoms with Gasteiger partial charge in [-0.15, -0.1) is 0 Å². The third-order valence-corrected chi connectivity index (χ3v) is 5.92. The van der Waals surface area contributed by atoms with Gasteiger partial charge in [0, 0.05) is 29.7 Å². The van der Waals surface area contributed by atoms with Crippen molar-refractivity contribution in [2.24, 2.45) is 11.0 Å². The number of nitrogens with zero attached hydrogens (tertiary/aromatic N) is 4. The normalized spacial score (nSPS) is 15.6. The number of furan rings is 1. The maximum Gasteiger partial charge on any atom is 0.245 e. The van der Waals surface area contributed by atoms with Crippen LogP contribution in [0.3, 0.4) is 0 Å². The summed E-state index contributed by atoms with van der Waals surface area (Å²) >= 11 is 0. The Balaban J connectivity index is 1.63. The minimum atomic E-state index is -0.301. The lowest BCUT2D eigenvalue weighted by Gasteiger charge is -2.23. The highest BCUT2D eigenvalue weighted by molar-refractivity contribution is 6.01. The van der Waals surface area contributed by atoms with Gasteiger partial charge in [-0.2, -0.15) is 10.2 Å². The first-order valence-electron chi connectivity index (χ1n) is 11.3. The van der Waals surface area contributed by atoms with E-state index in [0.717, 1.165) is 34.0 Å². The van der Waals surface area contributed by atoms with Crippen LogP contribution in [-0.2, 0) is 4.79 Å². The van der Waals surface area contributed by atoms with Gasteiger partial charge in [-0.1, -0.05) is 32.0 Å². The molecule has 1 atom stereocenters. The maximum atomic E-state index is 13.2. The zero-order valence-electron chi connectivity index (χ0n) is 19.4. The van der Waals surface area contributed by atoms with Crippen molar-refractivity contribution in [1.29, 1.82) is 0 Å². The van der Waals surface area contributed by atoms with Gasteiger partial charge in [0.05, 0.1) is 30.8 Å². The van der Waals surface area contributed by atoms with Gasteiger partial charge in [-0.05, 0) is 48.5 Å². The van der Waals surface area contributed by atoms with Crippen LogP contribution in [0.5, 0.6) is 5.75 Å². The Morgan fingerprint density at radius 2 is 1.82 bits per heavy atom. The number of amides is 1. The largest absolute Gasteiger partial charge is 0.497 e. The van der Waals surface area contributed by atoms with Crippen molar-refractivity contribution in [3.05, 3.63) is 90.5 Å². The van der Waals surface area contributed by atoms with Crippen molar-refractivity contribution in [3.8, 4) is 22.7 Å². The third-order valence-electron chi connectivity index (χ3n) is 5.92. The Morgan fingerprint density at radius 1 is 1.06 bits per heavy atom. The summed E-state index contributed by atoms with van der Waals surface area (Å²) in [6, 6.07) is 21.1. The van der Waals surface area contributed by atoms with E-state index in [0.29, 0.717) is 12.2 Å². The van der Waals surface area contributed by atoms with Crippen LogP contribution in [0.1, 0.15) is 37.6 Å². The molecule has 0 radical (unpaired) electrons. The zero-order chi connectivity index (χ0) is 23.7. The van der Waals surface area contributed by atoms with E-state index in [1.54, 1.807) is 18.4 Å². The van der Waals surface area contributed by atoms with E-state index in [2.05, 4.69) is 0 Å². The van der Waals surface area contributed by atoms with Crippen molar-refractivity contribution < 1.29 is 13.9 Å². The van der Waals surface area contributed by atoms with Gasteiger partial charge >= 0.3 is 0 Å². The van der Waals surface area contributed by atoms with Crippen LogP contribution in [0, 0.1) is 5.92 Å². The van der Waals surface area contributed by atoms with Gasteiger partial charge in [0.1, 0.15) is 17.2 Å². The molecule has 0 bridgehead atoms. The molecule has 0 fully saturated rings. The van der Waals surface area contributed by atoms with Crippen molar-refractivity contribution in [2.45, 2.75) is 26.3 Å². The highest BCUT2D eigenvalue weighted by Crippen LogP contribution is 2.39. The van der Waals surface area contributed by atoms with E-state index in [1.165, 1.54) is 0 Å². The second-order valence-corrected chi connectivity index (χ2v) is 8.52.